The monoisotopic (exact) mass is 254 g/mol. The van der Waals surface area contributed by atoms with Gasteiger partial charge in [-0.1, -0.05) is 37.6 Å². The summed E-state index contributed by atoms with van der Waals surface area (Å²) in [5.41, 5.74) is 1.25. The molecule has 0 heterocycles. The smallest absolute Gasteiger partial charge is 0.0409 e. The van der Waals surface area contributed by atoms with Crippen molar-refractivity contribution in [3.05, 3.63) is 34.9 Å². The van der Waals surface area contributed by atoms with Crippen LogP contribution in [0.5, 0.6) is 0 Å². The maximum atomic E-state index is 5.98. The molecule has 0 saturated heterocycles. The van der Waals surface area contributed by atoms with Crippen molar-refractivity contribution in [2.24, 2.45) is 0 Å². The third-order valence-electron chi connectivity index (χ3n) is 3.12. The van der Waals surface area contributed by atoms with Gasteiger partial charge in [0.05, 0.1) is 0 Å². The fraction of sp³-hybridized carbons (Fsp3) is 0.571. The Morgan fingerprint density at radius 3 is 2.59 bits per heavy atom. The van der Waals surface area contributed by atoms with Crippen LogP contribution in [0.25, 0.3) is 0 Å². The maximum absolute atomic E-state index is 5.98. The molecule has 1 aromatic carbocycles. The molecule has 0 amide bonds. The van der Waals surface area contributed by atoms with Crippen LogP contribution in [0.4, 0.5) is 0 Å². The molecule has 0 spiro atoms. The summed E-state index contributed by atoms with van der Waals surface area (Å²) in [6, 6.07) is 8.40. The van der Waals surface area contributed by atoms with Gasteiger partial charge in [0.15, 0.2) is 0 Å². The van der Waals surface area contributed by atoms with Crippen molar-refractivity contribution in [1.82, 2.24) is 10.2 Å². The van der Waals surface area contributed by atoms with Crippen molar-refractivity contribution in [1.29, 1.82) is 0 Å². The highest BCUT2D eigenvalue weighted by atomic mass is 35.5. The molecule has 17 heavy (non-hydrogen) atoms. The minimum Gasteiger partial charge on any atom is -0.309 e. The Bertz CT molecular complexity index is 324. The number of halogens is 1. The van der Waals surface area contributed by atoms with E-state index in [2.05, 4.69) is 37.1 Å². The summed E-state index contributed by atoms with van der Waals surface area (Å²) in [7, 11) is 0. The Balaban J connectivity index is 2.37. The van der Waals surface area contributed by atoms with E-state index in [0.29, 0.717) is 6.04 Å². The molecule has 0 aromatic heterocycles. The van der Waals surface area contributed by atoms with Crippen LogP contribution in [0.15, 0.2) is 24.3 Å². The first kappa shape index (κ1) is 14.5. The molecule has 0 saturated carbocycles. The second-order valence-electron chi connectivity index (χ2n) is 4.26. The number of hydrogen-bond acceptors (Lipinski definition) is 2. The standard InChI is InChI=1S/C14H23ClN2/c1-4-17(5-2)10-9-16-12(3)13-7-6-8-14(15)11-13/h6-8,11-12,16H,4-5,9-10H2,1-3H3/t12-/m1/s1. The van der Waals surface area contributed by atoms with E-state index in [9.17, 15) is 0 Å². The van der Waals surface area contributed by atoms with Gasteiger partial charge < -0.3 is 10.2 Å². The van der Waals surface area contributed by atoms with E-state index in [1.54, 1.807) is 0 Å². The van der Waals surface area contributed by atoms with Crippen molar-refractivity contribution >= 4 is 11.6 Å². The van der Waals surface area contributed by atoms with E-state index in [1.807, 2.05) is 18.2 Å². The third-order valence-corrected chi connectivity index (χ3v) is 3.36. The highest BCUT2D eigenvalue weighted by Gasteiger charge is 2.05. The van der Waals surface area contributed by atoms with Gasteiger partial charge in [0.1, 0.15) is 0 Å². The van der Waals surface area contributed by atoms with E-state index in [0.717, 1.165) is 31.2 Å². The van der Waals surface area contributed by atoms with Crippen LogP contribution in [0.1, 0.15) is 32.4 Å². The Hall–Kier alpha value is -0.570. The highest BCUT2D eigenvalue weighted by molar-refractivity contribution is 6.30. The molecule has 1 rings (SSSR count). The summed E-state index contributed by atoms with van der Waals surface area (Å²) in [4.78, 5) is 2.41. The van der Waals surface area contributed by atoms with Gasteiger partial charge in [-0.05, 0) is 37.7 Å². The second-order valence-corrected chi connectivity index (χ2v) is 4.69. The first-order chi connectivity index (χ1) is 8.17. The predicted octanol–water partition coefficient (Wildman–Crippen LogP) is 3.33. The van der Waals surface area contributed by atoms with E-state index >= 15 is 0 Å². The van der Waals surface area contributed by atoms with Crippen molar-refractivity contribution in [2.75, 3.05) is 26.2 Å². The topological polar surface area (TPSA) is 15.3 Å². The van der Waals surface area contributed by atoms with Gasteiger partial charge in [-0.2, -0.15) is 0 Å². The normalized spacial score (nSPS) is 13.0. The first-order valence-corrected chi connectivity index (χ1v) is 6.76. The summed E-state index contributed by atoms with van der Waals surface area (Å²) in [5.74, 6) is 0. The van der Waals surface area contributed by atoms with E-state index in [4.69, 9.17) is 11.6 Å². The molecule has 0 radical (unpaired) electrons. The van der Waals surface area contributed by atoms with E-state index < -0.39 is 0 Å². The Morgan fingerprint density at radius 1 is 1.29 bits per heavy atom. The summed E-state index contributed by atoms with van der Waals surface area (Å²) >= 11 is 5.98. The van der Waals surface area contributed by atoms with Crippen LogP contribution >= 0.6 is 11.6 Å². The highest BCUT2D eigenvalue weighted by Crippen LogP contribution is 2.16. The van der Waals surface area contributed by atoms with Gasteiger partial charge in [0, 0.05) is 24.2 Å². The van der Waals surface area contributed by atoms with Crippen molar-refractivity contribution in [3.63, 3.8) is 0 Å². The van der Waals surface area contributed by atoms with Gasteiger partial charge in [-0.25, -0.2) is 0 Å². The Labute approximate surface area is 110 Å². The van der Waals surface area contributed by atoms with Crippen LogP contribution in [0.3, 0.4) is 0 Å². The fourth-order valence-electron chi connectivity index (χ4n) is 1.87. The number of rotatable bonds is 7. The number of benzene rings is 1. The van der Waals surface area contributed by atoms with Crippen molar-refractivity contribution in [3.8, 4) is 0 Å². The lowest BCUT2D eigenvalue weighted by Gasteiger charge is -2.20. The molecule has 0 aliphatic rings. The molecule has 0 bridgehead atoms. The van der Waals surface area contributed by atoms with Crippen LogP contribution in [-0.2, 0) is 0 Å². The number of nitrogens with one attached hydrogen (secondary N) is 1. The molecular formula is C14H23ClN2. The summed E-state index contributed by atoms with van der Waals surface area (Å²) in [6.07, 6.45) is 0. The number of likely N-dealkylation sites (N-methyl/N-ethyl adjacent to an activating group) is 1. The average molecular weight is 255 g/mol. The van der Waals surface area contributed by atoms with Gasteiger partial charge in [0.25, 0.3) is 0 Å². The molecule has 96 valence electrons. The SMILES string of the molecule is CCN(CC)CCN[C@H](C)c1cccc(Cl)c1. The minimum absolute atomic E-state index is 0.351. The van der Waals surface area contributed by atoms with Crippen molar-refractivity contribution in [2.45, 2.75) is 26.8 Å². The Morgan fingerprint density at radius 2 is 2.00 bits per heavy atom. The zero-order valence-electron chi connectivity index (χ0n) is 11.0. The van der Waals surface area contributed by atoms with Gasteiger partial charge in [-0.15, -0.1) is 0 Å². The van der Waals surface area contributed by atoms with Gasteiger partial charge in [-0.3, -0.25) is 0 Å². The van der Waals surface area contributed by atoms with Crippen LogP contribution < -0.4 is 5.32 Å². The predicted molar refractivity (Wildman–Crippen MR) is 75.7 cm³/mol. The first-order valence-electron chi connectivity index (χ1n) is 6.38. The van der Waals surface area contributed by atoms with Gasteiger partial charge in [0.2, 0.25) is 0 Å². The van der Waals surface area contributed by atoms with Crippen molar-refractivity contribution < 1.29 is 0 Å². The lowest BCUT2D eigenvalue weighted by atomic mass is 10.1. The fourth-order valence-corrected chi connectivity index (χ4v) is 2.07. The zero-order chi connectivity index (χ0) is 12.7. The molecule has 0 unspecified atom stereocenters. The molecule has 1 atom stereocenters. The summed E-state index contributed by atoms with van der Waals surface area (Å²) in [6.45, 7) is 10.9. The molecule has 2 nitrogen and oxygen atoms in total. The zero-order valence-corrected chi connectivity index (χ0v) is 11.8. The molecule has 0 aliphatic heterocycles. The number of nitrogens with zero attached hydrogens (tertiary/aromatic N) is 1. The summed E-state index contributed by atoms with van der Waals surface area (Å²) < 4.78 is 0. The second kappa shape index (κ2) is 7.70. The van der Waals surface area contributed by atoms with E-state index in [-0.39, 0.29) is 0 Å². The van der Waals surface area contributed by atoms with E-state index in [1.165, 1.54) is 5.56 Å². The minimum atomic E-state index is 0.351. The summed E-state index contributed by atoms with van der Waals surface area (Å²) in [5, 5.41) is 4.33. The third kappa shape index (κ3) is 5.07. The molecule has 1 N–H and O–H groups in total. The average Bonchev–Trinajstić information content (AvgIpc) is 2.34. The number of hydrogen-bond donors (Lipinski definition) is 1. The van der Waals surface area contributed by atoms with Crippen LogP contribution in [0, 0.1) is 0 Å². The van der Waals surface area contributed by atoms with Gasteiger partial charge >= 0.3 is 0 Å². The Kier molecular flexibility index (Phi) is 6.56. The largest absolute Gasteiger partial charge is 0.309 e. The molecular weight excluding hydrogens is 232 g/mol. The lowest BCUT2D eigenvalue weighted by Crippen LogP contribution is -2.33. The van der Waals surface area contributed by atoms with Crippen LogP contribution in [0.2, 0.25) is 5.02 Å². The molecule has 3 heteroatoms. The van der Waals surface area contributed by atoms with Crippen LogP contribution in [-0.4, -0.2) is 31.1 Å². The molecule has 0 fully saturated rings. The lowest BCUT2D eigenvalue weighted by molar-refractivity contribution is 0.298. The molecule has 1 aromatic rings. The maximum Gasteiger partial charge on any atom is 0.0409 e. The molecule has 0 aliphatic carbocycles. The quantitative estimate of drug-likeness (QED) is 0.803.